The van der Waals surface area contributed by atoms with Gasteiger partial charge in [-0.3, -0.25) is 0 Å². The van der Waals surface area contributed by atoms with Crippen molar-refractivity contribution in [3.05, 3.63) is 0 Å². The van der Waals surface area contributed by atoms with E-state index < -0.39 is 0 Å². The van der Waals surface area contributed by atoms with Crippen LogP contribution in [0.15, 0.2) is 4.34 Å². The zero-order valence-corrected chi connectivity index (χ0v) is 11.6. The number of nitrogen functional groups attached to an aromatic ring is 1. The average molecular weight is 290 g/mol. The number of nitrogens with zero attached hydrogens (tertiary/aromatic N) is 3. The molecule has 92 valence electrons. The summed E-state index contributed by atoms with van der Waals surface area (Å²) in [5.41, 5.74) is 6.43. The molecule has 8 heteroatoms. The number of thiazole rings is 1. The van der Waals surface area contributed by atoms with Gasteiger partial charge in [0.25, 0.3) is 0 Å². The summed E-state index contributed by atoms with van der Waals surface area (Å²) in [4.78, 5) is 13.6. The first-order chi connectivity index (χ1) is 8.24. The number of anilines is 2. The van der Waals surface area contributed by atoms with E-state index in [4.69, 9.17) is 17.3 Å². The van der Waals surface area contributed by atoms with Crippen LogP contribution in [0.3, 0.4) is 0 Å². The third kappa shape index (κ3) is 2.91. The van der Waals surface area contributed by atoms with Crippen molar-refractivity contribution in [1.29, 1.82) is 0 Å². The molecule has 5 nitrogen and oxygen atoms in total. The number of rotatable bonds is 5. The van der Waals surface area contributed by atoms with E-state index in [9.17, 15) is 0 Å². The molecule has 0 aliphatic carbocycles. The van der Waals surface area contributed by atoms with Crippen molar-refractivity contribution in [2.24, 2.45) is 0 Å². The highest BCUT2D eigenvalue weighted by atomic mass is 35.5. The molecule has 0 spiro atoms. The number of alkyl halides is 1. The highest BCUT2D eigenvalue weighted by Crippen LogP contribution is 2.31. The van der Waals surface area contributed by atoms with E-state index in [-0.39, 0.29) is 5.95 Å². The van der Waals surface area contributed by atoms with Gasteiger partial charge in [0.2, 0.25) is 5.95 Å². The highest BCUT2D eigenvalue weighted by molar-refractivity contribution is 8.01. The maximum absolute atomic E-state index is 5.65. The lowest BCUT2D eigenvalue weighted by Gasteiger charge is -2.02. The Labute approximate surface area is 112 Å². The molecule has 3 N–H and O–H groups in total. The van der Waals surface area contributed by atoms with E-state index in [0.29, 0.717) is 11.7 Å². The van der Waals surface area contributed by atoms with E-state index in [2.05, 4.69) is 20.3 Å². The quantitative estimate of drug-likeness (QED) is 0.650. The fraction of sp³-hybridized carbons (Fsp3) is 0.444. The van der Waals surface area contributed by atoms with Crippen LogP contribution in [0.25, 0.3) is 10.3 Å². The Morgan fingerprint density at radius 2 is 2.24 bits per heavy atom. The minimum absolute atomic E-state index is 0.269. The number of hydrogen-bond donors (Lipinski definition) is 2. The van der Waals surface area contributed by atoms with Gasteiger partial charge in [-0.1, -0.05) is 23.1 Å². The molecular weight excluding hydrogens is 278 g/mol. The molecule has 2 heterocycles. The first-order valence-electron chi connectivity index (χ1n) is 5.11. The van der Waals surface area contributed by atoms with Crippen molar-refractivity contribution >= 4 is 56.8 Å². The number of thioether (sulfide) groups is 1. The molecule has 0 amide bonds. The summed E-state index contributed by atoms with van der Waals surface area (Å²) in [6, 6.07) is 0. The summed E-state index contributed by atoms with van der Waals surface area (Å²) in [5, 5.41) is 3.14. The topological polar surface area (TPSA) is 76.7 Å². The Kier molecular flexibility index (Phi) is 4.25. The lowest BCUT2D eigenvalue weighted by Crippen LogP contribution is -2.03. The molecule has 17 heavy (non-hydrogen) atoms. The van der Waals surface area contributed by atoms with Gasteiger partial charge in [0, 0.05) is 18.2 Å². The number of nitrogens with one attached hydrogen (secondary N) is 1. The minimum Gasteiger partial charge on any atom is -0.368 e. The van der Waals surface area contributed by atoms with Crippen molar-refractivity contribution in [3.8, 4) is 0 Å². The summed E-state index contributed by atoms with van der Waals surface area (Å²) in [7, 11) is 0. The van der Waals surface area contributed by atoms with Gasteiger partial charge in [0.1, 0.15) is 5.52 Å². The van der Waals surface area contributed by atoms with Crippen LogP contribution in [0.5, 0.6) is 0 Å². The maximum atomic E-state index is 5.65. The van der Waals surface area contributed by atoms with Crippen LogP contribution in [-0.4, -0.2) is 33.1 Å². The molecule has 2 rings (SSSR count). The highest BCUT2D eigenvalue weighted by Gasteiger charge is 2.12. The van der Waals surface area contributed by atoms with E-state index in [1.54, 1.807) is 11.8 Å². The largest absolute Gasteiger partial charge is 0.368 e. The Balaban J connectivity index is 2.40. The fourth-order valence-electron chi connectivity index (χ4n) is 1.30. The Morgan fingerprint density at radius 3 is 2.94 bits per heavy atom. The molecule has 0 bridgehead atoms. The van der Waals surface area contributed by atoms with Crippen molar-refractivity contribution in [2.45, 2.75) is 11.3 Å². The Morgan fingerprint density at radius 1 is 1.41 bits per heavy atom. The van der Waals surface area contributed by atoms with Gasteiger partial charge in [-0.2, -0.15) is 4.98 Å². The molecule has 0 radical (unpaired) electrons. The predicted molar refractivity (Wildman–Crippen MR) is 75.2 cm³/mol. The minimum atomic E-state index is 0.269. The zero-order valence-electron chi connectivity index (χ0n) is 9.23. The van der Waals surface area contributed by atoms with Crippen LogP contribution in [0.2, 0.25) is 0 Å². The molecule has 0 saturated heterocycles. The molecule has 0 atom stereocenters. The monoisotopic (exact) mass is 289 g/mol. The van der Waals surface area contributed by atoms with Gasteiger partial charge in [0.15, 0.2) is 15.0 Å². The van der Waals surface area contributed by atoms with Gasteiger partial charge in [-0.05, 0) is 6.92 Å². The number of fused-ring (bicyclic) bond motifs is 1. The van der Waals surface area contributed by atoms with E-state index in [1.165, 1.54) is 11.3 Å². The van der Waals surface area contributed by atoms with Crippen LogP contribution in [0.4, 0.5) is 11.8 Å². The number of nitrogens with two attached hydrogens (primary N) is 1. The van der Waals surface area contributed by atoms with Gasteiger partial charge in [-0.25, -0.2) is 9.97 Å². The summed E-state index contributed by atoms with van der Waals surface area (Å²) in [5.74, 6) is 2.41. The van der Waals surface area contributed by atoms with Crippen LogP contribution in [-0.2, 0) is 0 Å². The lowest BCUT2D eigenvalue weighted by molar-refractivity contribution is 1.14. The van der Waals surface area contributed by atoms with Gasteiger partial charge in [0.05, 0.1) is 0 Å². The van der Waals surface area contributed by atoms with E-state index in [1.807, 2.05) is 6.92 Å². The molecular formula is C9H12ClN5S2. The van der Waals surface area contributed by atoms with Gasteiger partial charge < -0.3 is 11.1 Å². The Bertz CT molecular complexity index is 515. The van der Waals surface area contributed by atoms with Crippen molar-refractivity contribution < 1.29 is 0 Å². The van der Waals surface area contributed by atoms with Crippen molar-refractivity contribution in [1.82, 2.24) is 15.0 Å². The van der Waals surface area contributed by atoms with E-state index in [0.717, 1.165) is 27.0 Å². The second kappa shape index (κ2) is 5.70. The maximum Gasteiger partial charge on any atom is 0.223 e. The van der Waals surface area contributed by atoms with Crippen LogP contribution in [0.1, 0.15) is 6.92 Å². The average Bonchev–Trinajstić information content (AvgIpc) is 2.69. The molecule has 2 aromatic heterocycles. The van der Waals surface area contributed by atoms with Crippen LogP contribution >= 0.6 is 34.7 Å². The SMILES string of the molecule is CCNc1nc(N)nc2sc(SCCCl)nc12. The number of aromatic nitrogens is 3. The molecule has 0 fully saturated rings. The van der Waals surface area contributed by atoms with E-state index >= 15 is 0 Å². The third-order valence-corrected chi connectivity index (χ3v) is 4.41. The summed E-state index contributed by atoms with van der Waals surface area (Å²) in [6.45, 7) is 2.77. The summed E-state index contributed by atoms with van der Waals surface area (Å²) in [6.07, 6.45) is 0. The molecule has 0 saturated carbocycles. The molecule has 2 aromatic rings. The summed E-state index contributed by atoms with van der Waals surface area (Å²) >= 11 is 8.78. The molecule has 0 aliphatic rings. The second-order valence-corrected chi connectivity index (χ2v) is 5.83. The first-order valence-corrected chi connectivity index (χ1v) is 7.45. The lowest BCUT2D eigenvalue weighted by atomic mass is 10.5. The predicted octanol–water partition coefficient (Wildman–Crippen LogP) is 2.43. The van der Waals surface area contributed by atoms with Gasteiger partial charge >= 0.3 is 0 Å². The van der Waals surface area contributed by atoms with Crippen LogP contribution in [0, 0.1) is 0 Å². The number of halogens is 1. The smallest absolute Gasteiger partial charge is 0.223 e. The fourth-order valence-corrected chi connectivity index (χ4v) is 3.34. The standard InChI is InChI=1S/C9H12ClN5S2/c1-2-12-6-5-7(15-8(11)14-6)17-9(13-5)16-4-3-10/h2-4H2,1H3,(H3,11,12,14,15). The molecule has 0 aliphatic heterocycles. The van der Waals surface area contributed by atoms with Crippen molar-refractivity contribution in [3.63, 3.8) is 0 Å². The second-order valence-electron chi connectivity index (χ2n) is 3.13. The van der Waals surface area contributed by atoms with Crippen LogP contribution < -0.4 is 11.1 Å². The summed E-state index contributed by atoms with van der Waals surface area (Å²) < 4.78 is 0.944. The zero-order chi connectivity index (χ0) is 12.3. The van der Waals surface area contributed by atoms with Crippen molar-refractivity contribution in [2.75, 3.05) is 29.2 Å². The third-order valence-electron chi connectivity index (χ3n) is 1.90. The molecule has 0 aromatic carbocycles. The Hall–Kier alpha value is -0.790. The van der Waals surface area contributed by atoms with Gasteiger partial charge in [-0.15, -0.1) is 11.6 Å². The number of hydrogen-bond acceptors (Lipinski definition) is 7. The first kappa shape index (κ1) is 12.7. The normalized spacial score (nSPS) is 10.9. The molecule has 0 unspecified atom stereocenters.